The van der Waals surface area contributed by atoms with Crippen molar-refractivity contribution in [1.29, 1.82) is 0 Å². The van der Waals surface area contributed by atoms with Crippen molar-refractivity contribution >= 4 is 34.4 Å². The van der Waals surface area contributed by atoms with Crippen LogP contribution >= 0.6 is 11.6 Å². The first-order valence-electron chi connectivity index (χ1n) is 7.67. The van der Waals surface area contributed by atoms with Gasteiger partial charge in [-0.3, -0.25) is 9.78 Å². The number of esters is 1. The van der Waals surface area contributed by atoms with Crippen LogP contribution in [0.1, 0.15) is 43.7 Å². The number of carbonyl (C=O) groups is 2. The molecule has 6 heteroatoms. The molecule has 1 amide bonds. The minimum Gasteiger partial charge on any atom is -0.449 e. The number of hydrogen-bond acceptors (Lipinski definition) is 4. The first-order chi connectivity index (χ1) is 11.1. The van der Waals surface area contributed by atoms with Crippen LogP contribution in [-0.4, -0.2) is 28.5 Å². The van der Waals surface area contributed by atoms with E-state index in [2.05, 4.69) is 10.3 Å². The molecule has 1 aromatic carbocycles. The Balaban J connectivity index is 2.21. The molecule has 0 saturated carbocycles. The molecular weight excluding hydrogens is 328 g/mol. The number of aryl methyl sites for hydroxylation is 1. The number of fused-ring (bicyclic) bond motifs is 1. The maximum atomic E-state index is 12.4. The van der Waals surface area contributed by atoms with Gasteiger partial charge in [-0.1, -0.05) is 11.6 Å². The second-order valence-electron chi connectivity index (χ2n) is 6.75. The highest BCUT2D eigenvalue weighted by atomic mass is 35.5. The zero-order valence-electron chi connectivity index (χ0n) is 14.4. The zero-order valence-corrected chi connectivity index (χ0v) is 15.2. The molecule has 1 heterocycles. The lowest BCUT2D eigenvalue weighted by Crippen LogP contribution is -2.46. The Labute approximate surface area is 146 Å². The summed E-state index contributed by atoms with van der Waals surface area (Å²) in [4.78, 5) is 28.8. The van der Waals surface area contributed by atoms with Gasteiger partial charge in [0.05, 0.1) is 16.8 Å². The molecular formula is C18H21ClN2O3. The number of halogens is 1. The number of nitrogens with one attached hydrogen (secondary N) is 1. The normalized spacial score (nSPS) is 12.8. The van der Waals surface area contributed by atoms with Crippen LogP contribution in [0, 0.1) is 6.92 Å². The number of nitrogens with zero attached hydrogens (tertiary/aromatic N) is 1. The summed E-state index contributed by atoms with van der Waals surface area (Å²) in [5.41, 5.74) is 1.21. The summed E-state index contributed by atoms with van der Waals surface area (Å²) < 4.78 is 5.28. The number of aromatic nitrogens is 1. The molecule has 0 bridgehead atoms. The molecule has 24 heavy (non-hydrogen) atoms. The van der Waals surface area contributed by atoms with Crippen LogP contribution in [0.5, 0.6) is 0 Å². The summed E-state index contributed by atoms with van der Waals surface area (Å²) in [5, 5.41) is 4.08. The summed E-state index contributed by atoms with van der Waals surface area (Å²) in [7, 11) is 0. The van der Waals surface area contributed by atoms with E-state index in [1.54, 1.807) is 38.1 Å². The van der Waals surface area contributed by atoms with Crippen LogP contribution in [0.2, 0.25) is 5.02 Å². The molecule has 0 aliphatic carbocycles. The Bertz CT molecular complexity index is 797. The topological polar surface area (TPSA) is 68.3 Å². The van der Waals surface area contributed by atoms with Crippen LogP contribution < -0.4 is 5.32 Å². The number of rotatable bonds is 3. The molecule has 0 fully saturated rings. The molecule has 0 aliphatic rings. The predicted octanol–water partition coefficient (Wildman–Crippen LogP) is 3.66. The number of pyridine rings is 1. The molecule has 0 saturated heterocycles. The van der Waals surface area contributed by atoms with Gasteiger partial charge < -0.3 is 10.1 Å². The maximum absolute atomic E-state index is 12.4. The van der Waals surface area contributed by atoms with E-state index >= 15 is 0 Å². The Morgan fingerprint density at radius 1 is 1.25 bits per heavy atom. The summed E-state index contributed by atoms with van der Waals surface area (Å²) in [6.45, 7) is 8.85. The monoisotopic (exact) mass is 348 g/mol. The summed E-state index contributed by atoms with van der Waals surface area (Å²) in [5.74, 6) is -0.927. The largest absolute Gasteiger partial charge is 0.449 e. The van der Waals surface area contributed by atoms with Gasteiger partial charge in [0.1, 0.15) is 0 Å². The molecule has 128 valence electrons. The average Bonchev–Trinajstić information content (AvgIpc) is 2.45. The number of carbonyl (C=O) groups excluding carboxylic acids is 2. The van der Waals surface area contributed by atoms with Crippen LogP contribution in [0.15, 0.2) is 24.3 Å². The van der Waals surface area contributed by atoms with E-state index < -0.39 is 17.6 Å². The molecule has 1 aromatic heterocycles. The molecule has 1 unspecified atom stereocenters. The van der Waals surface area contributed by atoms with Crippen molar-refractivity contribution in [2.75, 3.05) is 0 Å². The van der Waals surface area contributed by atoms with Crippen molar-refractivity contribution in [3.63, 3.8) is 0 Å². The molecule has 1 N–H and O–H groups in total. The van der Waals surface area contributed by atoms with Gasteiger partial charge in [-0.2, -0.15) is 0 Å². The third-order valence-electron chi connectivity index (χ3n) is 3.34. The van der Waals surface area contributed by atoms with Gasteiger partial charge in [0.2, 0.25) is 0 Å². The van der Waals surface area contributed by atoms with E-state index in [0.717, 1.165) is 10.9 Å². The van der Waals surface area contributed by atoms with Gasteiger partial charge in [0, 0.05) is 15.9 Å². The second kappa shape index (κ2) is 6.77. The van der Waals surface area contributed by atoms with Crippen LogP contribution in [0.3, 0.4) is 0 Å². The predicted molar refractivity (Wildman–Crippen MR) is 94.3 cm³/mol. The van der Waals surface area contributed by atoms with E-state index in [1.807, 2.05) is 20.8 Å². The lowest BCUT2D eigenvalue weighted by molar-refractivity contribution is -0.130. The summed E-state index contributed by atoms with van der Waals surface area (Å²) in [6.07, 6.45) is -0.897. The van der Waals surface area contributed by atoms with E-state index in [-0.39, 0.29) is 5.91 Å². The molecule has 2 rings (SSSR count). The Morgan fingerprint density at radius 2 is 1.92 bits per heavy atom. The SMILES string of the molecule is Cc1nc2ccc(Cl)cc2cc1C(=O)OC(C)C(=O)NC(C)(C)C. The minimum absolute atomic E-state index is 0.320. The number of ether oxygens (including phenoxy) is 1. The average molecular weight is 349 g/mol. The molecule has 0 spiro atoms. The number of benzene rings is 1. The maximum Gasteiger partial charge on any atom is 0.340 e. The van der Waals surface area contributed by atoms with Gasteiger partial charge in [-0.05, 0) is 58.9 Å². The standard InChI is InChI=1S/C18H21ClN2O3/c1-10-14(9-12-8-13(19)6-7-15(12)20-10)17(23)24-11(2)16(22)21-18(3,4)5/h6-9,11H,1-5H3,(H,21,22). The van der Waals surface area contributed by atoms with E-state index in [1.165, 1.54) is 0 Å². The zero-order chi connectivity index (χ0) is 18.1. The van der Waals surface area contributed by atoms with Gasteiger partial charge in [-0.25, -0.2) is 4.79 Å². The van der Waals surface area contributed by atoms with Crippen molar-refractivity contribution in [3.8, 4) is 0 Å². The van der Waals surface area contributed by atoms with Gasteiger partial charge >= 0.3 is 5.97 Å². The number of amides is 1. The minimum atomic E-state index is -0.897. The second-order valence-corrected chi connectivity index (χ2v) is 7.18. The van der Waals surface area contributed by atoms with Gasteiger partial charge in [0.25, 0.3) is 5.91 Å². The van der Waals surface area contributed by atoms with Crippen LogP contribution in [0.25, 0.3) is 10.9 Å². The van der Waals surface area contributed by atoms with E-state index in [0.29, 0.717) is 16.3 Å². The fourth-order valence-electron chi connectivity index (χ4n) is 2.20. The van der Waals surface area contributed by atoms with Crippen molar-refractivity contribution < 1.29 is 14.3 Å². The highest BCUT2D eigenvalue weighted by Gasteiger charge is 2.24. The van der Waals surface area contributed by atoms with Crippen molar-refractivity contribution in [2.45, 2.75) is 46.3 Å². The molecule has 1 atom stereocenters. The fourth-order valence-corrected chi connectivity index (χ4v) is 2.38. The lowest BCUT2D eigenvalue weighted by atomic mass is 10.1. The van der Waals surface area contributed by atoms with Crippen LogP contribution in [0.4, 0.5) is 0 Å². The first kappa shape index (κ1) is 18.2. The lowest BCUT2D eigenvalue weighted by Gasteiger charge is -2.23. The fraction of sp³-hybridized carbons (Fsp3) is 0.389. The van der Waals surface area contributed by atoms with Gasteiger partial charge in [-0.15, -0.1) is 0 Å². The van der Waals surface area contributed by atoms with Crippen molar-refractivity contribution in [3.05, 3.63) is 40.5 Å². The Kier molecular flexibility index (Phi) is 5.13. The van der Waals surface area contributed by atoms with E-state index in [4.69, 9.17) is 16.3 Å². The van der Waals surface area contributed by atoms with Crippen molar-refractivity contribution in [2.24, 2.45) is 0 Å². The summed E-state index contributed by atoms with van der Waals surface area (Å²) in [6, 6.07) is 6.95. The first-order valence-corrected chi connectivity index (χ1v) is 8.04. The third kappa shape index (κ3) is 4.45. The van der Waals surface area contributed by atoms with Crippen LogP contribution in [-0.2, 0) is 9.53 Å². The third-order valence-corrected chi connectivity index (χ3v) is 3.57. The van der Waals surface area contributed by atoms with Gasteiger partial charge in [0.15, 0.2) is 6.10 Å². The van der Waals surface area contributed by atoms with Crippen molar-refractivity contribution in [1.82, 2.24) is 10.3 Å². The van der Waals surface area contributed by atoms with E-state index in [9.17, 15) is 9.59 Å². The Morgan fingerprint density at radius 3 is 2.54 bits per heavy atom. The Hall–Kier alpha value is -2.14. The molecule has 2 aromatic rings. The summed E-state index contributed by atoms with van der Waals surface area (Å²) >= 11 is 5.98. The highest BCUT2D eigenvalue weighted by molar-refractivity contribution is 6.31. The quantitative estimate of drug-likeness (QED) is 0.859. The highest BCUT2D eigenvalue weighted by Crippen LogP contribution is 2.21. The smallest absolute Gasteiger partial charge is 0.340 e. The molecule has 5 nitrogen and oxygen atoms in total. The molecule has 0 aliphatic heterocycles. The molecule has 0 radical (unpaired) electrons. The number of hydrogen-bond donors (Lipinski definition) is 1.